The van der Waals surface area contributed by atoms with Gasteiger partial charge in [-0.3, -0.25) is 0 Å². The van der Waals surface area contributed by atoms with Crippen molar-refractivity contribution in [2.75, 3.05) is 13.2 Å². The number of hydrogen-bond acceptors (Lipinski definition) is 2. The summed E-state index contributed by atoms with van der Waals surface area (Å²) in [5.41, 5.74) is 1.32. The summed E-state index contributed by atoms with van der Waals surface area (Å²) in [6.07, 6.45) is 4.48. The van der Waals surface area contributed by atoms with Gasteiger partial charge in [-0.05, 0) is 25.5 Å². The van der Waals surface area contributed by atoms with Crippen molar-refractivity contribution in [3.63, 3.8) is 0 Å². The zero-order valence-electron chi connectivity index (χ0n) is 9.29. The zero-order chi connectivity index (χ0) is 10.4. The minimum Gasteiger partial charge on any atom is -0.377 e. The highest BCUT2D eigenvalue weighted by Crippen LogP contribution is 1.98. The predicted molar refractivity (Wildman–Crippen MR) is 58.2 cm³/mol. The molecule has 0 bridgehead atoms. The highest BCUT2D eigenvalue weighted by Gasteiger charge is 2.00. The molecule has 0 radical (unpaired) electrons. The van der Waals surface area contributed by atoms with Crippen molar-refractivity contribution in [2.45, 2.75) is 26.5 Å². The highest BCUT2D eigenvalue weighted by atomic mass is 16.5. The Morgan fingerprint density at radius 2 is 2.36 bits per heavy atom. The molecule has 0 amide bonds. The fourth-order valence-electron chi connectivity index (χ4n) is 1.43. The normalized spacial score (nSPS) is 13.1. The molecule has 1 aromatic rings. The number of rotatable bonds is 6. The summed E-state index contributed by atoms with van der Waals surface area (Å²) in [4.78, 5) is 0. The van der Waals surface area contributed by atoms with Crippen LogP contribution in [-0.2, 0) is 18.3 Å². The second-order valence-corrected chi connectivity index (χ2v) is 3.58. The lowest BCUT2D eigenvalue weighted by Gasteiger charge is -2.11. The van der Waals surface area contributed by atoms with E-state index >= 15 is 0 Å². The van der Waals surface area contributed by atoms with E-state index in [1.54, 1.807) is 0 Å². The number of hydrogen-bond donors (Lipinski definition) is 1. The van der Waals surface area contributed by atoms with Gasteiger partial charge in [0.2, 0.25) is 0 Å². The van der Waals surface area contributed by atoms with Crippen LogP contribution in [0.2, 0.25) is 0 Å². The summed E-state index contributed by atoms with van der Waals surface area (Å²) in [5, 5.41) is 3.36. The Bertz CT molecular complexity index is 258. The lowest BCUT2D eigenvalue weighted by Crippen LogP contribution is -2.26. The van der Waals surface area contributed by atoms with Crippen molar-refractivity contribution in [1.82, 2.24) is 9.88 Å². The standard InChI is InChI=1S/C11H20N2O/c1-4-14-10(2)7-12-8-11-5-6-13(3)9-11/h5-6,9-10,12H,4,7-8H2,1-3H3. The van der Waals surface area contributed by atoms with Gasteiger partial charge in [-0.2, -0.15) is 0 Å². The first kappa shape index (κ1) is 11.3. The van der Waals surface area contributed by atoms with E-state index in [9.17, 15) is 0 Å². The van der Waals surface area contributed by atoms with Gasteiger partial charge in [0, 0.05) is 39.1 Å². The molecule has 1 aromatic heterocycles. The van der Waals surface area contributed by atoms with E-state index in [-0.39, 0.29) is 0 Å². The average molecular weight is 196 g/mol. The molecular weight excluding hydrogens is 176 g/mol. The van der Waals surface area contributed by atoms with Gasteiger partial charge in [0.15, 0.2) is 0 Å². The first-order valence-corrected chi connectivity index (χ1v) is 5.15. The van der Waals surface area contributed by atoms with Gasteiger partial charge >= 0.3 is 0 Å². The van der Waals surface area contributed by atoms with E-state index in [1.165, 1.54) is 5.56 Å². The maximum atomic E-state index is 5.42. The van der Waals surface area contributed by atoms with Crippen LogP contribution in [0, 0.1) is 0 Å². The predicted octanol–water partition coefficient (Wildman–Crippen LogP) is 1.54. The van der Waals surface area contributed by atoms with Crippen molar-refractivity contribution < 1.29 is 4.74 Å². The molecule has 0 saturated carbocycles. The second-order valence-electron chi connectivity index (χ2n) is 3.58. The monoisotopic (exact) mass is 196 g/mol. The molecule has 0 aliphatic heterocycles. The van der Waals surface area contributed by atoms with E-state index in [0.717, 1.165) is 19.7 Å². The molecule has 0 spiro atoms. The van der Waals surface area contributed by atoms with E-state index < -0.39 is 0 Å². The third-order valence-corrected chi connectivity index (χ3v) is 2.11. The first-order chi connectivity index (χ1) is 6.72. The van der Waals surface area contributed by atoms with Gasteiger partial charge < -0.3 is 14.6 Å². The SMILES string of the molecule is CCOC(C)CNCc1ccn(C)c1. The topological polar surface area (TPSA) is 26.2 Å². The zero-order valence-corrected chi connectivity index (χ0v) is 9.29. The third-order valence-electron chi connectivity index (χ3n) is 2.11. The Balaban J connectivity index is 2.15. The van der Waals surface area contributed by atoms with Crippen LogP contribution in [0.25, 0.3) is 0 Å². The van der Waals surface area contributed by atoms with Gasteiger partial charge in [0.05, 0.1) is 6.10 Å². The fourth-order valence-corrected chi connectivity index (χ4v) is 1.43. The Morgan fingerprint density at radius 1 is 1.57 bits per heavy atom. The molecule has 1 N–H and O–H groups in total. The molecule has 0 aromatic carbocycles. The lowest BCUT2D eigenvalue weighted by atomic mass is 10.3. The molecule has 14 heavy (non-hydrogen) atoms. The Labute approximate surface area is 86.1 Å². The van der Waals surface area contributed by atoms with E-state index in [4.69, 9.17) is 4.74 Å². The minimum atomic E-state index is 0.295. The summed E-state index contributed by atoms with van der Waals surface area (Å²) in [6.45, 7) is 6.71. The largest absolute Gasteiger partial charge is 0.377 e. The van der Waals surface area contributed by atoms with Crippen LogP contribution >= 0.6 is 0 Å². The van der Waals surface area contributed by atoms with Gasteiger partial charge in [0.25, 0.3) is 0 Å². The molecule has 0 aliphatic carbocycles. The molecule has 0 fully saturated rings. The number of nitrogens with one attached hydrogen (secondary N) is 1. The Kier molecular flexibility index (Phi) is 4.70. The summed E-state index contributed by atoms with van der Waals surface area (Å²) >= 11 is 0. The van der Waals surface area contributed by atoms with Crippen LogP contribution in [0.3, 0.4) is 0 Å². The van der Waals surface area contributed by atoms with Crippen molar-refractivity contribution in [3.8, 4) is 0 Å². The summed E-state index contributed by atoms with van der Waals surface area (Å²) < 4.78 is 7.48. The number of nitrogens with zero attached hydrogens (tertiary/aromatic N) is 1. The molecule has 1 rings (SSSR count). The van der Waals surface area contributed by atoms with Crippen LogP contribution in [0.1, 0.15) is 19.4 Å². The lowest BCUT2D eigenvalue weighted by molar-refractivity contribution is 0.0759. The molecule has 0 saturated heterocycles. The molecule has 80 valence electrons. The molecule has 1 unspecified atom stereocenters. The Morgan fingerprint density at radius 3 is 2.93 bits per heavy atom. The molecule has 1 atom stereocenters. The van der Waals surface area contributed by atoms with Crippen molar-refractivity contribution in [2.24, 2.45) is 7.05 Å². The van der Waals surface area contributed by atoms with E-state index in [1.807, 2.05) is 14.0 Å². The number of aromatic nitrogens is 1. The van der Waals surface area contributed by atoms with Gasteiger partial charge in [-0.1, -0.05) is 0 Å². The highest BCUT2D eigenvalue weighted by molar-refractivity contribution is 5.09. The molecular formula is C11H20N2O. The Hall–Kier alpha value is -0.800. The maximum Gasteiger partial charge on any atom is 0.0671 e. The van der Waals surface area contributed by atoms with Gasteiger partial charge in [-0.15, -0.1) is 0 Å². The van der Waals surface area contributed by atoms with Crippen LogP contribution in [0.4, 0.5) is 0 Å². The van der Waals surface area contributed by atoms with Crippen molar-refractivity contribution >= 4 is 0 Å². The second kappa shape index (κ2) is 5.83. The minimum absolute atomic E-state index is 0.295. The average Bonchev–Trinajstić information content (AvgIpc) is 2.52. The van der Waals surface area contributed by atoms with E-state index in [0.29, 0.717) is 6.10 Å². The first-order valence-electron chi connectivity index (χ1n) is 5.15. The van der Waals surface area contributed by atoms with Crippen molar-refractivity contribution in [1.29, 1.82) is 0 Å². The molecule has 1 heterocycles. The molecule has 3 heteroatoms. The quantitative estimate of drug-likeness (QED) is 0.747. The van der Waals surface area contributed by atoms with Crippen LogP contribution in [0.5, 0.6) is 0 Å². The fraction of sp³-hybridized carbons (Fsp3) is 0.636. The van der Waals surface area contributed by atoms with Gasteiger partial charge in [-0.25, -0.2) is 0 Å². The van der Waals surface area contributed by atoms with Gasteiger partial charge in [0.1, 0.15) is 0 Å². The number of ether oxygens (including phenoxy) is 1. The summed E-state index contributed by atoms with van der Waals surface area (Å²) in [7, 11) is 2.03. The smallest absolute Gasteiger partial charge is 0.0671 e. The summed E-state index contributed by atoms with van der Waals surface area (Å²) in [5.74, 6) is 0. The van der Waals surface area contributed by atoms with Crippen LogP contribution in [0.15, 0.2) is 18.5 Å². The maximum absolute atomic E-state index is 5.42. The molecule has 0 aliphatic rings. The van der Waals surface area contributed by atoms with Crippen LogP contribution in [-0.4, -0.2) is 23.8 Å². The number of aryl methyl sites for hydroxylation is 1. The van der Waals surface area contributed by atoms with Crippen molar-refractivity contribution in [3.05, 3.63) is 24.0 Å². The molecule has 3 nitrogen and oxygen atoms in total. The summed E-state index contributed by atoms with van der Waals surface area (Å²) in [6, 6.07) is 2.12. The van der Waals surface area contributed by atoms with Crippen LogP contribution < -0.4 is 5.32 Å². The van der Waals surface area contributed by atoms with E-state index in [2.05, 4.69) is 35.3 Å². The third kappa shape index (κ3) is 3.94.